The molecule has 6 nitrogen and oxygen atoms in total. The minimum Gasteiger partial charge on any atom is -0.330 e. The summed E-state index contributed by atoms with van der Waals surface area (Å²) < 4.78 is 14.5. The highest BCUT2D eigenvalue weighted by Crippen LogP contribution is 2.39. The lowest BCUT2D eigenvalue weighted by Gasteiger charge is -2.18. The molecule has 74 valence electrons. The van der Waals surface area contributed by atoms with Crippen molar-refractivity contribution in [2.45, 2.75) is 17.9 Å². The van der Waals surface area contributed by atoms with E-state index in [9.17, 15) is 4.57 Å². The number of phosphoric acid groups is 1. The Morgan fingerprint density at radius 2 is 2.08 bits per heavy atom. The Morgan fingerprint density at radius 3 is 2.42 bits per heavy atom. The Labute approximate surface area is 75.9 Å². The fourth-order valence-electron chi connectivity index (χ4n) is 0.554. The number of nitrogens with two attached hydrogens (primary N) is 2. The molecule has 0 spiro atoms. The maximum Gasteiger partial charge on any atom is 0.470 e. The number of phosphoric ester groups is 1. The average molecular weight is 216 g/mol. The normalized spacial score (nSPS) is 17.4. The zero-order chi connectivity index (χ0) is 9.78. The fraction of sp³-hybridized carbons (Fsp3) is 1.00. The van der Waals surface area contributed by atoms with E-state index in [1.165, 1.54) is 0 Å². The van der Waals surface area contributed by atoms with Crippen molar-refractivity contribution in [2.75, 3.05) is 6.54 Å². The van der Waals surface area contributed by atoms with Gasteiger partial charge in [-0.1, -0.05) is 0 Å². The molecule has 0 rings (SSSR count). The van der Waals surface area contributed by atoms with Crippen molar-refractivity contribution in [3.05, 3.63) is 0 Å². The summed E-state index contributed by atoms with van der Waals surface area (Å²) in [5, 5.41) is 0. The van der Waals surface area contributed by atoms with Crippen molar-refractivity contribution < 1.29 is 18.9 Å². The highest BCUT2D eigenvalue weighted by Gasteiger charge is 2.23. The summed E-state index contributed by atoms with van der Waals surface area (Å²) in [6, 6.07) is -0.578. The SMILES string of the molecule is NCC[C@H](N)C(S)OP(=O)(O)O. The van der Waals surface area contributed by atoms with E-state index in [0.29, 0.717) is 13.0 Å². The lowest BCUT2D eigenvalue weighted by atomic mass is 10.2. The maximum absolute atomic E-state index is 10.3. The number of thiol groups is 1. The van der Waals surface area contributed by atoms with E-state index in [-0.39, 0.29) is 0 Å². The second kappa shape index (κ2) is 5.18. The first kappa shape index (κ1) is 12.4. The molecule has 12 heavy (non-hydrogen) atoms. The van der Waals surface area contributed by atoms with Crippen molar-refractivity contribution in [1.82, 2.24) is 0 Å². The van der Waals surface area contributed by atoms with E-state index < -0.39 is 19.3 Å². The standard InChI is InChI=1S/C4H13N2O4PS/c5-2-1-3(6)4(12)10-11(7,8)9/h3-4,12H,1-2,5-6H2,(H2,7,8,9)/t3-,4?/m0/s1. The summed E-state index contributed by atoms with van der Waals surface area (Å²) in [5.41, 5.74) is 9.59. The van der Waals surface area contributed by atoms with E-state index in [0.717, 1.165) is 0 Å². The van der Waals surface area contributed by atoms with Crippen molar-refractivity contribution in [1.29, 1.82) is 0 Å². The van der Waals surface area contributed by atoms with Gasteiger partial charge in [0.15, 0.2) is 0 Å². The Kier molecular flexibility index (Phi) is 5.35. The van der Waals surface area contributed by atoms with E-state index in [1.54, 1.807) is 0 Å². The van der Waals surface area contributed by atoms with Crippen LogP contribution >= 0.6 is 20.5 Å². The topological polar surface area (TPSA) is 119 Å². The molecule has 0 aromatic heterocycles. The van der Waals surface area contributed by atoms with Crippen LogP contribution in [-0.4, -0.2) is 27.8 Å². The van der Waals surface area contributed by atoms with Crippen LogP contribution in [0.5, 0.6) is 0 Å². The van der Waals surface area contributed by atoms with E-state index in [1.807, 2.05) is 0 Å². The van der Waals surface area contributed by atoms with Gasteiger partial charge < -0.3 is 21.3 Å². The second-order valence-electron chi connectivity index (χ2n) is 2.23. The van der Waals surface area contributed by atoms with Gasteiger partial charge in [0.1, 0.15) is 5.44 Å². The van der Waals surface area contributed by atoms with Crippen molar-refractivity contribution in [3.8, 4) is 0 Å². The van der Waals surface area contributed by atoms with Crippen LogP contribution in [0.15, 0.2) is 0 Å². The lowest BCUT2D eigenvalue weighted by Crippen LogP contribution is -2.34. The fourth-order valence-corrected chi connectivity index (χ4v) is 1.51. The number of hydrogen-bond donors (Lipinski definition) is 5. The van der Waals surface area contributed by atoms with Gasteiger partial charge in [-0.05, 0) is 13.0 Å². The Balaban J connectivity index is 3.86. The molecule has 0 bridgehead atoms. The summed E-state index contributed by atoms with van der Waals surface area (Å²) in [7, 11) is -4.50. The Morgan fingerprint density at radius 1 is 1.58 bits per heavy atom. The van der Waals surface area contributed by atoms with Crippen LogP contribution in [0.2, 0.25) is 0 Å². The van der Waals surface area contributed by atoms with Gasteiger partial charge in [-0.25, -0.2) is 4.57 Å². The van der Waals surface area contributed by atoms with Gasteiger partial charge in [0.05, 0.1) is 0 Å². The smallest absolute Gasteiger partial charge is 0.330 e. The van der Waals surface area contributed by atoms with Gasteiger partial charge in [0.2, 0.25) is 0 Å². The van der Waals surface area contributed by atoms with Crippen LogP contribution in [0.3, 0.4) is 0 Å². The third-order valence-corrected chi connectivity index (χ3v) is 2.27. The van der Waals surface area contributed by atoms with Crippen LogP contribution in [0.1, 0.15) is 6.42 Å². The molecule has 0 aliphatic carbocycles. The Hall–Kier alpha value is 0.380. The summed E-state index contributed by atoms with van der Waals surface area (Å²) in [5.74, 6) is 0. The molecule has 0 saturated heterocycles. The zero-order valence-electron chi connectivity index (χ0n) is 6.33. The highest BCUT2D eigenvalue weighted by atomic mass is 32.1. The van der Waals surface area contributed by atoms with Crippen LogP contribution in [0.4, 0.5) is 0 Å². The summed E-state index contributed by atoms with van der Waals surface area (Å²) in [6.07, 6.45) is 0.397. The quantitative estimate of drug-likeness (QED) is 0.229. The van der Waals surface area contributed by atoms with E-state index >= 15 is 0 Å². The molecular weight excluding hydrogens is 203 g/mol. The van der Waals surface area contributed by atoms with E-state index in [2.05, 4.69) is 17.2 Å². The van der Waals surface area contributed by atoms with Gasteiger partial charge in [0, 0.05) is 6.04 Å². The monoisotopic (exact) mass is 216 g/mol. The maximum atomic E-state index is 10.3. The van der Waals surface area contributed by atoms with Crippen LogP contribution in [0.25, 0.3) is 0 Å². The first-order valence-corrected chi connectivity index (χ1v) is 5.29. The average Bonchev–Trinajstić information content (AvgIpc) is 1.84. The molecule has 0 fully saturated rings. The minimum absolute atomic E-state index is 0.322. The molecule has 1 unspecified atom stereocenters. The van der Waals surface area contributed by atoms with Gasteiger partial charge in [-0.2, -0.15) is 0 Å². The van der Waals surface area contributed by atoms with Gasteiger partial charge in [-0.3, -0.25) is 4.52 Å². The van der Waals surface area contributed by atoms with Crippen LogP contribution < -0.4 is 11.5 Å². The third kappa shape index (κ3) is 5.96. The zero-order valence-corrected chi connectivity index (χ0v) is 8.12. The first-order chi connectivity index (χ1) is 5.37. The van der Waals surface area contributed by atoms with Crippen LogP contribution in [-0.2, 0) is 9.09 Å². The largest absolute Gasteiger partial charge is 0.470 e. The molecular formula is C4H13N2O4PS. The Bertz CT molecular complexity index is 174. The highest BCUT2D eigenvalue weighted by molar-refractivity contribution is 7.81. The van der Waals surface area contributed by atoms with Gasteiger partial charge >= 0.3 is 7.82 Å². The molecule has 8 heteroatoms. The number of rotatable bonds is 5. The summed E-state index contributed by atoms with van der Waals surface area (Å²) in [6.45, 7) is 0.322. The molecule has 0 aromatic carbocycles. The van der Waals surface area contributed by atoms with E-state index in [4.69, 9.17) is 21.3 Å². The molecule has 0 radical (unpaired) electrons. The van der Waals surface area contributed by atoms with Gasteiger partial charge in [-0.15, -0.1) is 12.6 Å². The predicted octanol–water partition coefficient (Wildman–Crippen LogP) is -0.972. The predicted molar refractivity (Wildman–Crippen MR) is 47.5 cm³/mol. The molecule has 0 amide bonds. The lowest BCUT2D eigenvalue weighted by molar-refractivity contribution is 0.166. The molecule has 0 aliphatic heterocycles. The molecule has 0 heterocycles. The first-order valence-electron chi connectivity index (χ1n) is 3.24. The van der Waals surface area contributed by atoms with Gasteiger partial charge in [0.25, 0.3) is 0 Å². The number of hydrogen-bond acceptors (Lipinski definition) is 5. The molecule has 0 saturated carbocycles. The minimum atomic E-state index is -4.50. The summed E-state index contributed by atoms with van der Waals surface area (Å²) >= 11 is 3.76. The molecule has 2 atom stereocenters. The van der Waals surface area contributed by atoms with Crippen molar-refractivity contribution in [2.24, 2.45) is 11.5 Å². The molecule has 0 aromatic rings. The molecule has 6 N–H and O–H groups in total. The van der Waals surface area contributed by atoms with Crippen molar-refractivity contribution >= 4 is 20.5 Å². The molecule has 0 aliphatic rings. The second-order valence-corrected chi connectivity index (χ2v) is 3.93. The third-order valence-electron chi connectivity index (χ3n) is 1.11. The van der Waals surface area contributed by atoms with Crippen LogP contribution in [0, 0.1) is 0 Å². The van der Waals surface area contributed by atoms with Crippen molar-refractivity contribution in [3.63, 3.8) is 0 Å². The summed E-state index contributed by atoms with van der Waals surface area (Å²) in [4.78, 5) is 16.7.